The highest BCUT2D eigenvalue weighted by Crippen LogP contribution is 2.33. The van der Waals surface area contributed by atoms with Crippen molar-refractivity contribution in [3.05, 3.63) is 46.7 Å². The maximum atomic E-state index is 12.1. The number of amides is 1. The SMILES string of the molecule is CCCCC(=O)Nc1c(Cl)nc(C)c(C)c1NCCOc1ccccc1. The van der Waals surface area contributed by atoms with E-state index < -0.39 is 0 Å². The van der Waals surface area contributed by atoms with E-state index in [-0.39, 0.29) is 5.91 Å². The molecule has 6 heteroatoms. The third kappa shape index (κ3) is 5.63. The van der Waals surface area contributed by atoms with E-state index in [0.29, 0.717) is 30.4 Å². The number of aryl methyl sites for hydroxylation is 1. The number of rotatable bonds is 9. The molecule has 0 spiro atoms. The number of hydrogen-bond donors (Lipinski definition) is 2. The summed E-state index contributed by atoms with van der Waals surface area (Å²) in [5, 5.41) is 6.53. The average molecular weight is 376 g/mol. The van der Waals surface area contributed by atoms with Gasteiger partial charge in [0, 0.05) is 18.7 Å². The van der Waals surface area contributed by atoms with Crippen LogP contribution in [0.15, 0.2) is 30.3 Å². The van der Waals surface area contributed by atoms with Gasteiger partial charge in [-0.3, -0.25) is 4.79 Å². The second-order valence-corrected chi connectivity index (χ2v) is 6.46. The molecule has 0 fully saturated rings. The van der Waals surface area contributed by atoms with Crippen molar-refractivity contribution in [1.29, 1.82) is 0 Å². The first-order valence-electron chi connectivity index (χ1n) is 8.91. The Balaban J connectivity index is 2.06. The summed E-state index contributed by atoms with van der Waals surface area (Å²) in [5.74, 6) is 0.769. The Morgan fingerprint density at radius 2 is 1.92 bits per heavy atom. The molecule has 0 unspecified atom stereocenters. The average Bonchev–Trinajstić information content (AvgIpc) is 2.64. The Morgan fingerprint density at radius 1 is 1.19 bits per heavy atom. The molecule has 0 aliphatic rings. The number of halogens is 1. The van der Waals surface area contributed by atoms with E-state index in [1.54, 1.807) is 0 Å². The molecule has 0 saturated heterocycles. The van der Waals surface area contributed by atoms with Crippen LogP contribution in [0.5, 0.6) is 5.75 Å². The Morgan fingerprint density at radius 3 is 2.62 bits per heavy atom. The van der Waals surface area contributed by atoms with Gasteiger partial charge in [0.1, 0.15) is 18.0 Å². The minimum Gasteiger partial charge on any atom is -0.492 e. The first kappa shape index (κ1) is 20.0. The second kappa shape index (κ2) is 10.0. The summed E-state index contributed by atoms with van der Waals surface area (Å²) in [7, 11) is 0. The fourth-order valence-electron chi connectivity index (χ4n) is 2.49. The molecule has 0 aliphatic carbocycles. The lowest BCUT2D eigenvalue weighted by Crippen LogP contribution is -2.18. The van der Waals surface area contributed by atoms with E-state index >= 15 is 0 Å². The van der Waals surface area contributed by atoms with Crippen molar-refractivity contribution >= 4 is 28.9 Å². The smallest absolute Gasteiger partial charge is 0.224 e. The number of para-hydroxylation sites is 1. The Bertz CT molecular complexity index is 736. The molecule has 0 atom stereocenters. The van der Waals surface area contributed by atoms with Crippen molar-refractivity contribution in [1.82, 2.24) is 4.98 Å². The monoisotopic (exact) mass is 375 g/mol. The van der Waals surface area contributed by atoms with Gasteiger partial charge in [0.05, 0.1) is 5.69 Å². The highest BCUT2D eigenvalue weighted by Gasteiger charge is 2.16. The minimum atomic E-state index is -0.0533. The van der Waals surface area contributed by atoms with Crippen molar-refractivity contribution in [2.24, 2.45) is 0 Å². The zero-order valence-electron chi connectivity index (χ0n) is 15.6. The molecule has 2 aromatic rings. The van der Waals surface area contributed by atoms with Crippen LogP contribution in [0.2, 0.25) is 5.15 Å². The fourth-order valence-corrected chi connectivity index (χ4v) is 2.76. The summed E-state index contributed by atoms with van der Waals surface area (Å²) in [6, 6.07) is 9.64. The standard InChI is InChI=1S/C20H26ClN3O2/c1-4-5-11-17(25)24-19-18(14(2)15(3)23-20(19)21)22-12-13-26-16-9-7-6-8-10-16/h6-10H,4-5,11-13H2,1-3H3,(H,22,23)(H,24,25). The molecule has 2 rings (SSSR count). The molecule has 2 N–H and O–H groups in total. The number of carbonyl (C=O) groups excluding carboxylic acids is 1. The molecule has 1 heterocycles. The topological polar surface area (TPSA) is 63.2 Å². The summed E-state index contributed by atoms with van der Waals surface area (Å²) in [4.78, 5) is 16.5. The van der Waals surface area contributed by atoms with Gasteiger partial charge in [-0.25, -0.2) is 4.98 Å². The molecule has 1 amide bonds. The van der Waals surface area contributed by atoms with E-state index in [2.05, 4.69) is 22.5 Å². The first-order valence-corrected chi connectivity index (χ1v) is 9.29. The molecular formula is C20H26ClN3O2. The largest absolute Gasteiger partial charge is 0.492 e. The maximum Gasteiger partial charge on any atom is 0.224 e. The number of unbranched alkanes of at least 4 members (excludes halogenated alkanes) is 1. The number of ether oxygens (including phenoxy) is 1. The number of pyridine rings is 1. The number of benzene rings is 1. The van der Waals surface area contributed by atoms with Crippen molar-refractivity contribution in [3.8, 4) is 5.75 Å². The van der Waals surface area contributed by atoms with Gasteiger partial charge in [-0.2, -0.15) is 0 Å². The van der Waals surface area contributed by atoms with Crippen molar-refractivity contribution in [2.45, 2.75) is 40.0 Å². The van der Waals surface area contributed by atoms with Crippen LogP contribution in [0.1, 0.15) is 37.4 Å². The van der Waals surface area contributed by atoms with E-state index in [4.69, 9.17) is 16.3 Å². The molecule has 0 aliphatic heterocycles. The van der Waals surface area contributed by atoms with Gasteiger partial charge < -0.3 is 15.4 Å². The van der Waals surface area contributed by atoms with Crippen molar-refractivity contribution < 1.29 is 9.53 Å². The summed E-state index contributed by atoms with van der Waals surface area (Å²) in [6.07, 6.45) is 2.28. The van der Waals surface area contributed by atoms with Gasteiger partial charge >= 0.3 is 0 Å². The van der Waals surface area contributed by atoms with E-state index in [1.807, 2.05) is 44.2 Å². The van der Waals surface area contributed by atoms with Gasteiger partial charge in [0.25, 0.3) is 0 Å². The number of carbonyl (C=O) groups is 1. The van der Waals surface area contributed by atoms with Crippen LogP contribution in [-0.4, -0.2) is 24.0 Å². The van der Waals surface area contributed by atoms with Gasteiger partial charge in [-0.1, -0.05) is 43.1 Å². The summed E-state index contributed by atoms with van der Waals surface area (Å²) < 4.78 is 5.70. The van der Waals surface area contributed by atoms with E-state index in [0.717, 1.165) is 35.5 Å². The molecule has 140 valence electrons. The number of nitrogens with zero attached hydrogens (tertiary/aromatic N) is 1. The lowest BCUT2D eigenvalue weighted by Gasteiger charge is -2.18. The minimum absolute atomic E-state index is 0.0533. The highest BCUT2D eigenvalue weighted by molar-refractivity contribution is 6.33. The Kier molecular flexibility index (Phi) is 7.73. The Labute approximate surface area is 160 Å². The van der Waals surface area contributed by atoms with Gasteiger partial charge in [0.2, 0.25) is 5.91 Å². The predicted octanol–water partition coefficient (Wildman–Crippen LogP) is 4.97. The molecule has 0 saturated carbocycles. The normalized spacial score (nSPS) is 10.5. The van der Waals surface area contributed by atoms with Crippen molar-refractivity contribution in [2.75, 3.05) is 23.8 Å². The molecule has 0 radical (unpaired) electrons. The highest BCUT2D eigenvalue weighted by atomic mass is 35.5. The van der Waals surface area contributed by atoms with E-state index in [9.17, 15) is 4.79 Å². The maximum absolute atomic E-state index is 12.1. The van der Waals surface area contributed by atoms with Crippen molar-refractivity contribution in [3.63, 3.8) is 0 Å². The molecule has 26 heavy (non-hydrogen) atoms. The lowest BCUT2D eigenvalue weighted by molar-refractivity contribution is -0.116. The molecule has 1 aromatic heterocycles. The van der Waals surface area contributed by atoms with Crippen LogP contribution in [0, 0.1) is 13.8 Å². The molecule has 1 aromatic carbocycles. The zero-order chi connectivity index (χ0) is 18.9. The number of anilines is 2. The second-order valence-electron chi connectivity index (χ2n) is 6.10. The quantitative estimate of drug-likeness (QED) is 0.479. The summed E-state index contributed by atoms with van der Waals surface area (Å²) in [6.45, 7) is 6.98. The first-order chi connectivity index (χ1) is 12.5. The van der Waals surface area contributed by atoms with Gasteiger partial charge in [-0.15, -0.1) is 0 Å². The zero-order valence-corrected chi connectivity index (χ0v) is 16.3. The molecule has 0 bridgehead atoms. The number of nitrogens with one attached hydrogen (secondary N) is 2. The Hall–Kier alpha value is -2.27. The lowest BCUT2D eigenvalue weighted by atomic mass is 10.1. The van der Waals surface area contributed by atoms with Crippen LogP contribution in [0.25, 0.3) is 0 Å². The van der Waals surface area contributed by atoms with Crippen LogP contribution in [-0.2, 0) is 4.79 Å². The van der Waals surface area contributed by atoms with Crippen LogP contribution in [0.4, 0.5) is 11.4 Å². The molecular weight excluding hydrogens is 350 g/mol. The fraction of sp³-hybridized carbons (Fsp3) is 0.400. The van der Waals surface area contributed by atoms with Crippen LogP contribution in [0.3, 0.4) is 0 Å². The number of hydrogen-bond acceptors (Lipinski definition) is 4. The van der Waals surface area contributed by atoms with Crippen LogP contribution < -0.4 is 15.4 Å². The van der Waals surface area contributed by atoms with Crippen LogP contribution >= 0.6 is 11.6 Å². The van der Waals surface area contributed by atoms with E-state index in [1.165, 1.54) is 0 Å². The van der Waals surface area contributed by atoms with Gasteiger partial charge in [0.15, 0.2) is 5.15 Å². The van der Waals surface area contributed by atoms with Gasteiger partial charge in [-0.05, 0) is 38.0 Å². The predicted molar refractivity (Wildman–Crippen MR) is 107 cm³/mol. The molecule has 5 nitrogen and oxygen atoms in total. The third-order valence-corrected chi connectivity index (χ3v) is 4.35. The summed E-state index contributed by atoms with van der Waals surface area (Å²) in [5.41, 5.74) is 3.12. The number of aromatic nitrogens is 1. The third-order valence-electron chi connectivity index (χ3n) is 4.08. The summed E-state index contributed by atoms with van der Waals surface area (Å²) >= 11 is 6.30.